The molecular weight excluding hydrogens is 655 g/mol. The molecule has 0 atom stereocenters. The number of hydrogen-bond acceptors (Lipinski definition) is 14. The van der Waals surface area contributed by atoms with Gasteiger partial charge >= 0.3 is 6.18 Å². The van der Waals surface area contributed by atoms with E-state index in [1.807, 2.05) is 0 Å². The van der Waals surface area contributed by atoms with Gasteiger partial charge in [0.15, 0.2) is 11.5 Å². The summed E-state index contributed by atoms with van der Waals surface area (Å²) in [5.74, 6) is 0.288. The number of nitro groups is 2. The van der Waals surface area contributed by atoms with Gasteiger partial charge in [-0.2, -0.15) is 13.2 Å². The van der Waals surface area contributed by atoms with Gasteiger partial charge in [0, 0.05) is 17.8 Å². The lowest BCUT2D eigenvalue weighted by Gasteiger charge is -2.17. The van der Waals surface area contributed by atoms with Crippen molar-refractivity contribution in [3.8, 4) is 11.5 Å². The molecule has 0 radical (unpaired) electrons. The Labute approximate surface area is 273 Å². The van der Waals surface area contributed by atoms with E-state index in [0.717, 1.165) is 0 Å². The molecule has 0 aliphatic carbocycles. The standard InChI is InChI=1S/C29H38F3N3O13/c30-29(31,32)24-20-23(34(36)37)21-25(35(38)39)28(24)33-22-1-2-26-27(19-22)48-18-16-46-14-12-44-10-8-42-6-4-40-3-5-41-7-9-43-11-13-45-15-17-47-26/h1-2,19-21,33H,3-18H2. The van der Waals surface area contributed by atoms with Crippen LogP contribution in [0.2, 0.25) is 0 Å². The zero-order chi connectivity index (χ0) is 34.6. The summed E-state index contributed by atoms with van der Waals surface area (Å²) in [5, 5.41) is 25.2. The molecule has 1 heterocycles. The van der Waals surface area contributed by atoms with Crippen molar-refractivity contribution in [1.29, 1.82) is 0 Å². The first-order valence-electron chi connectivity index (χ1n) is 14.9. The molecule has 3 rings (SSSR count). The van der Waals surface area contributed by atoms with Gasteiger partial charge in [0.25, 0.3) is 11.4 Å². The quantitative estimate of drug-likeness (QED) is 0.356. The number of benzene rings is 2. The van der Waals surface area contributed by atoms with Gasteiger partial charge in [0.05, 0.1) is 114 Å². The molecule has 2 aromatic carbocycles. The highest BCUT2D eigenvalue weighted by atomic mass is 19.4. The fourth-order valence-corrected chi connectivity index (χ4v) is 4.02. The number of nitrogens with one attached hydrogen (secondary N) is 1. The van der Waals surface area contributed by atoms with Crippen molar-refractivity contribution >= 4 is 22.7 Å². The van der Waals surface area contributed by atoms with Gasteiger partial charge in [0.2, 0.25) is 0 Å². The van der Waals surface area contributed by atoms with Crippen molar-refractivity contribution in [2.75, 3.05) is 111 Å². The van der Waals surface area contributed by atoms with Gasteiger partial charge in [-0.3, -0.25) is 20.2 Å². The third-order valence-electron chi connectivity index (χ3n) is 6.23. The number of hydrogen-bond donors (Lipinski definition) is 1. The highest BCUT2D eigenvalue weighted by Gasteiger charge is 2.39. The molecule has 0 bridgehead atoms. The molecule has 0 unspecified atom stereocenters. The molecule has 0 amide bonds. The molecule has 268 valence electrons. The number of anilines is 2. The highest BCUT2D eigenvalue weighted by molar-refractivity contribution is 5.77. The molecule has 1 aliphatic rings. The second kappa shape index (κ2) is 21.2. The Hall–Kier alpha value is -3.85. The van der Waals surface area contributed by atoms with E-state index in [9.17, 15) is 33.4 Å². The number of nitro benzene ring substituents is 2. The fourth-order valence-electron chi connectivity index (χ4n) is 4.02. The lowest BCUT2D eigenvalue weighted by atomic mass is 10.1. The van der Waals surface area contributed by atoms with Crippen LogP contribution in [-0.4, -0.2) is 116 Å². The Morgan fingerprint density at radius 2 is 0.979 bits per heavy atom. The van der Waals surface area contributed by atoms with Crippen LogP contribution in [0.4, 0.5) is 35.9 Å². The summed E-state index contributed by atoms with van der Waals surface area (Å²) >= 11 is 0. The average molecular weight is 694 g/mol. The predicted octanol–water partition coefficient (Wildman–Crippen LogP) is 4.15. The Morgan fingerprint density at radius 1 is 0.562 bits per heavy atom. The first-order chi connectivity index (χ1) is 23.2. The Kier molecular flexibility index (Phi) is 17.0. The van der Waals surface area contributed by atoms with Crippen LogP contribution in [0.25, 0.3) is 0 Å². The molecule has 2 aromatic rings. The fraction of sp³-hybridized carbons (Fsp3) is 0.586. The largest absolute Gasteiger partial charge is 0.487 e. The van der Waals surface area contributed by atoms with Crippen molar-refractivity contribution < 1.29 is 65.6 Å². The minimum absolute atomic E-state index is 0.00591. The molecule has 0 spiro atoms. The van der Waals surface area contributed by atoms with E-state index in [1.165, 1.54) is 18.2 Å². The summed E-state index contributed by atoms with van der Waals surface area (Å²) in [7, 11) is 0. The maximum atomic E-state index is 13.9. The van der Waals surface area contributed by atoms with Gasteiger partial charge in [-0.05, 0) is 12.1 Å². The van der Waals surface area contributed by atoms with Gasteiger partial charge in [0.1, 0.15) is 18.9 Å². The third kappa shape index (κ3) is 14.1. The maximum absolute atomic E-state index is 13.9. The van der Waals surface area contributed by atoms with Crippen molar-refractivity contribution in [2.24, 2.45) is 0 Å². The number of alkyl halides is 3. The molecule has 1 aliphatic heterocycles. The molecule has 0 saturated carbocycles. The summed E-state index contributed by atoms with van der Waals surface area (Å²) in [5.41, 5.74) is -4.83. The van der Waals surface area contributed by atoms with E-state index in [0.29, 0.717) is 72.1 Å². The second-order valence-corrected chi connectivity index (χ2v) is 9.67. The topological polar surface area (TPSA) is 181 Å². The minimum Gasteiger partial charge on any atom is -0.487 e. The Morgan fingerprint density at radius 3 is 1.38 bits per heavy atom. The molecule has 0 aromatic heterocycles. The lowest BCUT2D eigenvalue weighted by molar-refractivity contribution is -0.394. The number of halogens is 3. The van der Waals surface area contributed by atoms with Crippen LogP contribution in [-0.2, 0) is 39.3 Å². The first-order valence-corrected chi connectivity index (χ1v) is 14.9. The van der Waals surface area contributed by atoms with Crippen molar-refractivity contribution in [3.63, 3.8) is 0 Å². The SMILES string of the molecule is O=[N+]([O-])c1cc([N+](=O)[O-])c(Nc2ccc3c(c2)OCCOCCOCCOCCOCCOCCOCCOCCO3)c(C(F)(F)F)c1. The third-order valence-corrected chi connectivity index (χ3v) is 6.23. The van der Waals surface area contributed by atoms with E-state index in [1.54, 1.807) is 0 Å². The van der Waals surface area contributed by atoms with Crippen LogP contribution in [0.15, 0.2) is 30.3 Å². The molecule has 0 saturated heterocycles. The zero-order valence-electron chi connectivity index (χ0n) is 26.0. The first kappa shape index (κ1) is 38.6. The van der Waals surface area contributed by atoms with Crippen LogP contribution in [0.3, 0.4) is 0 Å². The van der Waals surface area contributed by atoms with Gasteiger partial charge in [-0.15, -0.1) is 0 Å². The summed E-state index contributed by atoms with van der Waals surface area (Å²) in [6.07, 6.45) is -5.16. The molecule has 48 heavy (non-hydrogen) atoms. The number of rotatable bonds is 4. The lowest BCUT2D eigenvalue weighted by Crippen LogP contribution is -2.15. The van der Waals surface area contributed by atoms with Crippen LogP contribution in [0.1, 0.15) is 5.56 Å². The second-order valence-electron chi connectivity index (χ2n) is 9.67. The predicted molar refractivity (Wildman–Crippen MR) is 161 cm³/mol. The summed E-state index contributed by atoms with van der Waals surface area (Å²) in [6, 6.07) is 4.67. The van der Waals surface area contributed by atoms with E-state index < -0.39 is 38.6 Å². The number of non-ortho nitro benzene ring substituents is 1. The van der Waals surface area contributed by atoms with Crippen molar-refractivity contribution in [1.82, 2.24) is 0 Å². The zero-order valence-corrected chi connectivity index (χ0v) is 26.0. The molecular formula is C29H38F3N3O13. The molecule has 19 heteroatoms. The van der Waals surface area contributed by atoms with Crippen molar-refractivity contribution in [3.05, 3.63) is 56.1 Å². The normalized spacial score (nSPS) is 17.9. The van der Waals surface area contributed by atoms with Crippen molar-refractivity contribution in [2.45, 2.75) is 6.18 Å². The minimum atomic E-state index is -5.16. The highest BCUT2D eigenvalue weighted by Crippen LogP contribution is 2.44. The number of ether oxygens (including phenoxy) is 9. The summed E-state index contributed by atoms with van der Waals surface area (Å²) in [4.78, 5) is 20.6. The van der Waals surface area contributed by atoms with Gasteiger partial charge in [-0.25, -0.2) is 0 Å². The van der Waals surface area contributed by atoms with Gasteiger partial charge < -0.3 is 47.9 Å². The van der Waals surface area contributed by atoms with Crippen LogP contribution < -0.4 is 14.8 Å². The smallest absolute Gasteiger partial charge is 0.418 e. The monoisotopic (exact) mass is 693 g/mol. The Balaban J connectivity index is 1.70. The molecule has 16 nitrogen and oxygen atoms in total. The van der Waals surface area contributed by atoms with Crippen LogP contribution in [0.5, 0.6) is 11.5 Å². The van der Waals surface area contributed by atoms with Crippen LogP contribution >= 0.6 is 0 Å². The number of nitrogens with zero attached hydrogens (tertiary/aromatic N) is 2. The molecule has 1 N–H and O–H groups in total. The number of fused-ring (bicyclic) bond motifs is 1. The van der Waals surface area contributed by atoms with E-state index in [-0.39, 0.29) is 62.9 Å². The maximum Gasteiger partial charge on any atom is 0.418 e. The van der Waals surface area contributed by atoms with Gasteiger partial charge in [-0.1, -0.05) is 0 Å². The van der Waals surface area contributed by atoms with E-state index in [2.05, 4.69) is 5.32 Å². The average Bonchev–Trinajstić information content (AvgIpc) is 3.04. The van der Waals surface area contributed by atoms with E-state index in [4.69, 9.17) is 42.6 Å². The molecule has 0 fully saturated rings. The van der Waals surface area contributed by atoms with Crippen LogP contribution in [0, 0.1) is 20.2 Å². The van der Waals surface area contributed by atoms with E-state index >= 15 is 0 Å². The summed E-state index contributed by atoms with van der Waals surface area (Å²) in [6.45, 7) is 4.75. The Bertz CT molecular complexity index is 1290. The summed E-state index contributed by atoms with van der Waals surface area (Å²) < 4.78 is 91.4.